The van der Waals surface area contributed by atoms with Crippen molar-refractivity contribution >= 4 is 17.6 Å². The van der Waals surface area contributed by atoms with Crippen molar-refractivity contribution in [1.29, 1.82) is 0 Å². The van der Waals surface area contributed by atoms with Gasteiger partial charge < -0.3 is 15.4 Å². The molecule has 104 valence electrons. The zero-order valence-corrected chi connectivity index (χ0v) is 11.4. The Bertz CT molecular complexity index is 432. The highest BCUT2D eigenvalue weighted by Gasteiger charge is 2.11. The van der Waals surface area contributed by atoms with Crippen LogP contribution in [0.3, 0.4) is 0 Å². The zero-order valence-electron chi connectivity index (χ0n) is 11.4. The molecule has 0 aliphatic heterocycles. The van der Waals surface area contributed by atoms with E-state index in [1.54, 1.807) is 19.1 Å². The van der Waals surface area contributed by atoms with Gasteiger partial charge in [0.2, 0.25) is 0 Å². The molecule has 0 spiro atoms. The summed E-state index contributed by atoms with van der Waals surface area (Å²) in [5, 5.41) is 5.73. The standard InChI is InChI=1S/C14H20N2O3/c1-3-9-15-12-8-6-5-7-11(12)14(18)16-10-13(17)19-4-2/h5-8,15H,3-4,9-10H2,1-2H3,(H,16,18). The summed E-state index contributed by atoms with van der Waals surface area (Å²) < 4.78 is 4.75. The number of nitrogens with one attached hydrogen (secondary N) is 2. The second-order valence-corrected chi connectivity index (χ2v) is 3.96. The van der Waals surface area contributed by atoms with E-state index in [1.165, 1.54) is 0 Å². The summed E-state index contributed by atoms with van der Waals surface area (Å²) in [6.07, 6.45) is 0.971. The average molecular weight is 264 g/mol. The fourth-order valence-corrected chi connectivity index (χ4v) is 1.55. The van der Waals surface area contributed by atoms with Crippen molar-refractivity contribution in [3.05, 3.63) is 29.8 Å². The lowest BCUT2D eigenvalue weighted by Crippen LogP contribution is -2.31. The van der Waals surface area contributed by atoms with Crippen molar-refractivity contribution in [1.82, 2.24) is 5.32 Å². The topological polar surface area (TPSA) is 67.4 Å². The fraction of sp³-hybridized carbons (Fsp3) is 0.429. The van der Waals surface area contributed by atoms with Crippen LogP contribution in [0.25, 0.3) is 0 Å². The highest BCUT2D eigenvalue weighted by atomic mass is 16.5. The first-order valence-electron chi connectivity index (χ1n) is 6.45. The predicted octanol–water partition coefficient (Wildman–Crippen LogP) is 1.80. The summed E-state index contributed by atoms with van der Waals surface area (Å²) in [5.41, 5.74) is 1.30. The number of ether oxygens (including phenoxy) is 1. The largest absolute Gasteiger partial charge is 0.465 e. The Labute approximate surface area is 113 Å². The van der Waals surface area contributed by atoms with Crippen molar-refractivity contribution < 1.29 is 14.3 Å². The van der Waals surface area contributed by atoms with Gasteiger partial charge in [-0.3, -0.25) is 9.59 Å². The number of carbonyl (C=O) groups excluding carboxylic acids is 2. The number of esters is 1. The minimum Gasteiger partial charge on any atom is -0.465 e. The molecule has 0 fully saturated rings. The quantitative estimate of drug-likeness (QED) is 0.737. The smallest absolute Gasteiger partial charge is 0.325 e. The van der Waals surface area contributed by atoms with E-state index in [4.69, 9.17) is 4.74 Å². The molecule has 0 heterocycles. The third kappa shape index (κ3) is 4.99. The molecule has 19 heavy (non-hydrogen) atoms. The van der Waals surface area contributed by atoms with E-state index in [9.17, 15) is 9.59 Å². The van der Waals surface area contributed by atoms with Gasteiger partial charge in [0.25, 0.3) is 5.91 Å². The molecule has 0 atom stereocenters. The Kier molecular flexibility index (Phi) is 6.43. The van der Waals surface area contributed by atoms with Gasteiger partial charge >= 0.3 is 5.97 Å². The first kappa shape index (κ1) is 15.0. The molecule has 5 heteroatoms. The summed E-state index contributed by atoms with van der Waals surface area (Å²) in [6, 6.07) is 7.21. The average Bonchev–Trinajstić information content (AvgIpc) is 2.43. The van der Waals surface area contributed by atoms with Crippen LogP contribution in [0, 0.1) is 0 Å². The highest BCUT2D eigenvalue weighted by molar-refractivity contribution is 6.00. The Balaban J connectivity index is 2.63. The fourth-order valence-electron chi connectivity index (χ4n) is 1.55. The lowest BCUT2D eigenvalue weighted by atomic mass is 10.1. The summed E-state index contributed by atoms with van der Waals surface area (Å²) in [7, 11) is 0. The number of carbonyl (C=O) groups is 2. The number of amides is 1. The molecular formula is C14H20N2O3. The summed E-state index contributed by atoms with van der Waals surface area (Å²) in [4.78, 5) is 23.2. The lowest BCUT2D eigenvalue weighted by molar-refractivity contribution is -0.141. The second-order valence-electron chi connectivity index (χ2n) is 3.96. The number of para-hydroxylation sites is 1. The third-order valence-corrected chi connectivity index (χ3v) is 2.44. The Morgan fingerprint density at radius 1 is 1.21 bits per heavy atom. The summed E-state index contributed by atoms with van der Waals surface area (Å²) in [6.45, 7) is 4.76. The van der Waals surface area contributed by atoms with Crippen molar-refractivity contribution in [3.8, 4) is 0 Å². The van der Waals surface area contributed by atoms with Gasteiger partial charge in [-0.05, 0) is 25.5 Å². The van der Waals surface area contributed by atoms with Gasteiger partial charge in [-0.2, -0.15) is 0 Å². The van der Waals surface area contributed by atoms with Gasteiger partial charge in [-0.25, -0.2) is 0 Å². The number of benzene rings is 1. The van der Waals surface area contributed by atoms with Crippen LogP contribution < -0.4 is 10.6 Å². The molecule has 0 aliphatic carbocycles. The summed E-state index contributed by atoms with van der Waals surface area (Å²) >= 11 is 0. The molecular weight excluding hydrogens is 244 g/mol. The molecule has 0 aliphatic rings. The maximum Gasteiger partial charge on any atom is 0.325 e. The van der Waals surface area contributed by atoms with E-state index in [0.29, 0.717) is 12.2 Å². The minimum absolute atomic E-state index is 0.116. The first-order chi connectivity index (χ1) is 9.19. The zero-order chi connectivity index (χ0) is 14.1. The highest BCUT2D eigenvalue weighted by Crippen LogP contribution is 2.14. The lowest BCUT2D eigenvalue weighted by Gasteiger charge is -2.11. The van der Waals surface area contributed by atoms with Gasteiger partial charge in [-0.1, -0.05) is 19.1 Å². The van der Waals surface area contributed by atoms with Crippen molar-refractivity contribution in [2.75, 3.05) is 25.0 Å². The van der Waals surface area contributed by atoms with Crippen molar-refractivity contribution in [2.45, 2.75) is 20.3 Å². The van der Waals surface area contributed by atoms with Gasteiger partial charge in [0.15, 0.2) is 0 Å². The van der Waals surface area contributed by atoms with Crippen LogP contribution in [-0.4, -0.2) is 31.6 Å². The number of hydrogen-bond donors (Lipinski definition) is 2. The molecule has 1 aromatic rings. The Hall–Kier alpha value is -2.04. The van der Waals surface area contributed by atoms with Crippen LogP contribution in [0.2, 0.25) is 0 Å². The summed E-state index contributed by atoms with van der Waals surface area (Å²) in [5.74, 6) is -0.720. The van der Waals surface area contributed by atoms with E-state index in [1.807, 2.05) is 12.1 Å². The predicted molar refractivity (Wildman–Crippen MR) is 74.2 cm³/mol. The van der Waals surface area contributed by atoms with Crippen molar-refractivity contribution in [3.63, 3.8) is 0 Å². The van der Waals surface area contributed by atoms with Crippen LogP contribution >= 0.6 is 0 Å². The monoisotopic (exact) mass is 264 g/mol. The van der Waals surface area contributed by atoms with Crippen LogP contribution in [0.15, 0.2) is 24.3 Å². The van der Waals surface area contributed by atoms with Crippen LogP contribution in [-0.2, 0) is 9.53 Å². The maximum atomic E-state index is 12.0. The molecule has 1 amide bonds. The molecule has 0 bridgehead atoms. The van der Waals surface area contributed by atoms with Gasteiger partial charge in [0, 0.05) is 12.2 Å². The van der Waals surface area contributed by atoms with E-state index >= 15 is 0 Å². The van der Waals surface area contributed by atoms with E-state index in [2.05, 4.69) is 17.6 Å². The molecule has 1 rings (SSSR count). The maximum absolute atomic E-state index is 12.0. The SMILES string of the molecule is CCCNc1ccccc1C(=O)NCC(=O)OCC. The van der Waals surface area contributed by atoms with Gasteiger partial charge in [-0.15, -0.1) is 0 Å². The van der Waals surface area contributed by atoms with Gasteiger partial charge in [0.1, 0.15) is 6.54 Å². The number of anilines is 1. The van der Waals surface area contributed by atoms with Crippen LogP contribution in [0.1, 0.15) is 30.6 Å². The number of rotatable bonds is 7. The van der Waals surface area contributed by atoms with Crippen molar-refractivity contribution in [2.24, 2.45) is 0 Å². The molecule has 1 aromatic carbocycles. The third-order valence-electron chi connectivity index (χ3n) is 2.44. The number of hydrogen-bond acceptors (Lipinski definition) is 4. The normalized spacial score (nSPS) is 9.79. The van der Waals surface area contributed by atoms with Crippen LogP contribution in [0.4, 0.5) is 5.69 Å². The second kappa shape index (κ2) is 8.13. The molecule has 0 aromatic heterocycles. The van der Waals surface area contributed by atoms with Crippen LogP contribution in [0.5, 0.6) is 0 Å². The molecule has 0 saturated carbocycles. The Morgan fingerprint density at radius 3 is 2.63 bits per heavy atom. The molecule has 0 unspecified atom stereocenters. The van der Waals surface area contributed by atoms with E-state index < -0.39 is 5.97 Å². The molecule has 0 saturated heterocycles. The van der Waals surface area contributed by atoms with E-state index in [0.717, 1.165) is 18.7 Å². The molecule has 2 N–H and O–H groups in total. The Morgan fingerprint density at radius 2 is 1.95 bits per heavy atom. The minimum atomic E-state index is -0.435. The molecule has 5 nitrogen and oxygen atoms in total. The first-order valence-corrected chi connectivity index (χ1v) is 6.45. The van der Waals surface area contributed by atoms with Gasteiger partial charge in [0.05, 0.1) is 12.2 Å². The molecule has 0 radical (unpaired) electrons. The van der Waals surface area contributed by atoms with E-state index in [-0.39, 0.29) is 12.5 Å².